The molecule has 0 radical (unpaired) electrons. The zero-order valence-corrected chi connectivity index (χ0v) is 22.6. The fourth-order valence-electron chi connectivity index (χ4n) is 4.47. The molecule has 4 aromatic rings. The van der Waals surface area contributed by atoms with Gasteiger partial charge in [-0.05, 0) is 67.9 Å². The molecular weight excluding hydrogens is 530 g/mol. The van der Waals surface area contributed by atoms with E-state index in [1.807, 2.05) is 31.2 Å². The van der Waals surface area contributed by atoms with Crippen LogP contribution in [0.15, 0.2) is 88.4 Å². The summed E-state index contributed by atoms with van der Waals surface area (Å²) < 4.78 is 6.06. The summed E-state index contributed by atoms with van der Waals surface area (Å²) in [6, 6.07) is 22.7. The molecule has 2 amide bonds. The zero-order valence-electron chi connectivity index (χ0n) is 21.8. The monoisotopic (exact) mass is 555 g/mol. The first-order valence-corrected chi connectivity index (χ1v) is 13.0. The lowest BCUT2D eigenvalue weighted by atomic mass is 9.99. The predicted molar refractivity (Wildman–Crippen MR) is 153 cm³/mol. The van der Waals surface area contributed by atoms with E-state index in [2.05, 4.69) is 10.4 Å². The van der Waals surface area contributed by atoms with Crippen molar-refractivity contribution in [2.24, 2.45) is 11.0 Å². The highest BCUT2D eigenvalue weighted by molar-refractivity contribution is 6.34. The lowest BCUT2D eigenvalue weighted by molar-refractivity contribution is -0.119. The number of carbonyl (C=O) groups excluding carboxylic acids is 2. The van der Waals surface area contributed by atoms with Crippen LogP contribution in [0.4, 0.5) is 5.69 Å². The summed E-state index contributed by atoms with van der Waals surface area (Å²) >= 11 is 6.34. The SMILES string of the molecule is CC1=NN(c2cccc(C(=O)O)c2)C(=O)C1Cc1ccc(-c2ccc(Cl)c(C(=O)NCc3ccc(C)cc3)c2)o1. The highest BCUT2D eigenvalue weighted by Gasteiger charge is 2.35. The van der Waals surface area contributed by atoms with Crippen molar-refractivity contribution < 1.29 is 23.9 Å². The maximum Gasteiger partial charge on any atom is 0.335 e. The van der Waals surface area contributed by atoms with Gasteiger partial charge in [-0.15, -0.1) is 0 Å². The molecule has 1 atom stereocenters. The molecule has 1 aliphatic rings. The second-order valence-corrected chi connectivity index (χ2v) is 10.0. The molecule has 40 heavy (non-hydrogen) atoms. The van der Waals surface area contributed by atoms with E-state index in [1.54, 1.807) is 49.4 Å². The molecule has 0 saturated carbocycles. The highest BCUT2D eigenvalue weighted by Crippen LogP contribution is 2.31. The van der Waals surface area contributed by atoms with E-state index < -0.39 is 11.9 Å². The average molecular weight is 556 g/mol. The van der Waals surface area contributed by atoms with Crippen LogP contribution in [0.5, 0.6) is 0 Å². The third kappa shape index (κ3) is 5.67. The van der Waals surface area contributed by atoms with E-state index in [0.29, 0.717) is 45.6 Å². The topological polar surface area (TPSA) is 112 Å². The number of carbonyl (C=O) groups is 3. The molecule has 0 spiro atoms. The number of aryl methyl sites for hydroxylation is 1. The van der Waals surface area contributed by atoms with Gasteiger partial charge >= 0.3 is 5.97 Å². The van der Waals surface area contributed by atoms with Gasteiger partial charge in [0.15, 0.2) is 0 Å². The number of hydrogen-bond donors (Lipinski definition) is 2. The van der Waals surface area contributed by atoms with E-state index in [4.69, 9.17) is 16.0 Å². The van der Waals surface area contributed by atoms with Crippen LogP contribution in [0.2, 0.25) is 5.02 Å². The largest absolute Gasteiger partial charge is 0.478 e. The Morgan fingerprint density at radius 3 is 2.55 bits per heavy atom. The summed E-state index contributed by atoms with van der Waals surface area (Å²) in [5.74, 6) is -1.09. The smallest absolute Gasteiger partial charge is 0.335 e. The number of nitrogens with one attached hydrogen (secondary N) is 1. The van der Waals surface area contributed by atoms with Crippen molar-refractivity contribution in [1.82, 2.24) is 5.32 Å². The minimum atomic E-state index is -1.08. The first-order valence-electron chi connectivity index (χ1n) is 12.6. The number of amides is 2. The molecule has 0 saturated heterocycles. The number of benzene rings is 3. The lowest BCUT2D eigenvalue weighted by Gasteiger charge is -2.14. The number of carboxylic acid groups (broad SMARTS) is 1. The Balaban J connectivity index is 1.28. The van der Waals surface area contributed by atoms with Crippen molar-refractivity contribution in [2.75, 3.05) is 5.01 Å². The van der Waals surface area contributed by atoms with E-state index in [0.717, 1.165) is 11.1 Å². The summed E-state index contributed by atoms with van der Waals surface area (Å²) in [4.78, 5) is 37.4. The molecular formula is C31H26ClN3O5. The second-order valence-electron chi connectivity index (χ2n) is 9.63. The van der Waals surface area contributed by atoms with E-state index in [9.17, 15) is 19.5 Å². The fraction of sp³-hybridized carbons (Fsp3) is 0.161. The summed E-state index contributed by atoms with van der Waals surface area (Å²) in [5.41, 5.74) is 4.19. The fourth-order valence-corrected chi connectivity index (χ4v) is 4.68. The molecule has 8 nitrogen and oxygen atoms in total. The molecule has 3 aromatic carbocycles. The molecule has 1 unspecified atom stereocenters. The Morgan fingerprint density at radius 1 is 1.02 bits per heavy atom. The highest BCUT2D eigenvalue weighted by atomic mass is 35.5. The van der Waals surface area contributed by atoms with Crippen LogP contribution in [0.1, 0.15) is 44.5 Å². The van der Waals surface area contributed by atoms with Gasteiger partial charge in [-0.25, -0.2) is 9.80 Å². The van der Waals surface area contributed by atoms with E-state index >= 15 is 0 Å². The van der Waals surface area contributed by atoms with E-state index in [-0.39, 0.29) is 23.8 Å². The van der Waals surface area contributed by atoms with Crippen LogP contribution in [-0.4, -0.2) is 28.6 Å². The Bertz CT molecular complexity index is 1640. The third-order valence-electron chi connectivity index (χ3n) is 6.74. The normalized spacial score (nSPS) is 14.8. The Kier molecular flexibility index (Phi) is 7.53. The maximum atomic E-state index is 13.2. The van der Waals surface area contributed by atoms with Crippen LogP contribution < -0.4 is 10.3 Å². The Hall–Kier alpha value is -4.69. The molecule has 2 heterocycles. The number of halogens is 1. The second kappa shape index (κ2) is 11.2. The minimum absolute atomic E-state index is 0.0726. The quantitative estimate of drug-likeness (QED) is 0.272. The van der Waals surface area contributed by atoms with E-state index in [1.165, 1.54) is 17.1 Å². The van der Waals surface area contributed by atoms with Crippen molar-refractivity contribution >= 4 is 40.8 Å². The Labute approximate surface area is 235 Å². The first-order chi connectivity index (χ1) is 19.2. The Morgan fingerprint density at radius 2 is 1.80 bits per heavy atom. The molecule has 0 bridgehead atoms. The molecule has 5 rings (SSSR count). The number of rotatable bonds is 8. The van der Waals surface area contributed by atoms with Gasteiger partial charge in [-0.1, -0.05) is 47.5 Å². The van der Waals surface area contributed by atoms with Crippen molar-refractivity contribution in [2.45, 2.75) is 26.8 Å². The maximum absolute atomic E-state index is 13.2. The summed E-state index contributed by atoms with van der Waals surface area (Å²) in [6.45, 7) is 4.14. The van der Waals surface area contributed by atoms with Crippen LogP contribution in [0, 0.1) is 12.8 Å². The molecule has 0 aliphatic carbocycles. The van der Waals surface area contributed by atoms with Crippen LogP contribution in [-0.2, 0) is 17.8 Å². The number of hydrazone groups is 1. The summed E-state index contributed by atoms with van der Waals surface area (Å²) in [5, 5.41) is 18.1. The first kappa shape index (κ1) is 26.9. The molecule has 1 aliphatic heterocycles. The minimum Gasteiger partial charge on any atom is -0.478 e. The molecule has 2 N–H and O–H groups in total. The van der Waals surface area contributed by atoms with Crippen molar-refractivity contribution in [3.63, 3.8) is 0 Å². The van der Waals surface area contributed by atoms with Crippen molar-refractivity contribution in [3.05, 3.63) is 112 Å². The van der Waals surface area contributed by atoms with Crippen LogP contribution in [0.25, 0.3) is 11.3 Å². The van der Waals surface area contributed by atoms with Gasteiger partial charge in [0.2, 0.25) is 0 Å². The van der Waals surface area contributed by atoms with Gasteiger partial charge in [0.25, 0.3) is 11.8 Å². The van der Waals surface area contributed by atoms with Gasteiger partial charge in [-0.3, -0.25) is 9.59 Å². The number of anilines is 1. The van der Waals surface area contributed by atoms with Gasteiger partial charge in [0, 0.05) is 24.2 Å². The standard InChI is InChI=1S/C31H26ClN3O5/c1-18-6-8-20(9-7-18)17-33-29(36)26-15-21(10-12-27(26)32)28-13-11-24(40-28)16-25-19(2)34-35(30(25)37)23-5-3-4-22(14-23)31(38)39/h3-15,25H,16-17H2,1-2H3,(H,33,36)(H,38,39). The molecule has 9 heteroatoms. The van der Waals surface area contributed by atoms with Gasteiger partial charge in [0.05, 0.1) is 27.8 Å². The van der Waals surface area contributed by atoms with Crippen LogP contribution in [0.3, 0.4) is 0 Å². The molecule has 0 fully saturated rings. The zero-order chi connectivity index (χ0) is 28.4. The lowest BCUT2D eigenvalue weighted by Crippen LogP contribution is -2.28. The van der Waals surface area contributed by atoms with Crippen LogP contribution >= 0.6 is 11.6 Å². The number of hydrogen-bond acceptors (Lipinski definition) is 5. The average Bonchev–Trinajstić information content (AvgIpc) is 3.53. The van der Waals surface area contributed by atoms with Crippen molar-refractivity contribution in [3.8, 4) is 11.3 Å². The summed E-state index contributed by atoms with van der Waals surface area (Å²) in [7, 11) is 0. The number of carboxylic acids is 1. The van der Waals surface area contributed by atoms with Gasteiger partial charge < -0.3 is 14.8 Å². The van der Waals surface area contributed by atoms with Gasteiger partial charge in [-0.2, -0.15) is 5.10 Å². The molecule has 202 valence electrons. The number of furan rings is 1. The third-order valence-corrected chi connectivity index (χ3v) is 7.07. The van der Waals surface area contributed by atoms with Crippen molar-refractivity contribution in [1.29, 1.82) is 0 Å². The number of nitrogens with zero attached hydrogens (tertiary/aromatic N) is 2. The molecule has 1 aromatic heterocycles. The number of aromatic carboxylic acids is 1. The van der Waals surface area contributed by atoms with Gasteiger partial charge in [0.1, 0.15) is 11.5 Å². The predicted octanol–water partition coefficient (Wildman–Crippen LogP) is 6.12. The summed E-state index contributed by atoms with van der Waals surface area (Å²) in [6.07, 6.45) is 0.279.